The molecule has 2 saturated heterocycles. The SMILES string of the molecule is CC(C)N1CC(S(N)(=O)=O)C1.COc1cc(-c2cc(F)cc(C(C)C)c2NC(=O)NS(=O)(=O)C2CN(C(C)C)C2)ccn1.COc1cc(-c2cc(F)cc(C(C)C)c2OC#N)ccn1. The molecule has 0 atom stereocenters. The number of hydrogen-bond donors (Lipinski definition) is 3. The van der Waals surface area contributed by atoms with Crippen molar-refractivity contribution in [3.8, 4) is 46.0 Å². The van der Waals surface area contributed by atoms with E-state index in [-0.39, 0.29) is 28.9 Å². The highest BCUT2D eigenvalue weighted by molar-refractivity contribution is 7.90. The Balaban J connectivity index is 0.000000239. The molecule has 4 N–H and O–H groups in total. The minimum absolute atomic E-state index is 0.0199. The Labute approximate surface area is 375 Å². The average Bonchev–Trinajstić information content (AvgIpc) is 3.16. The van der Waals surface area contributed by atoms with Crippen LogP contribution in [0.15, 0.2) is 60.9 Å². The number of carbonyl (C=O) groups is 1. The number of ether oxygens (including phenoxy) is 3. The fraction of sp³-hybridized carbons (Fsp3) is 0.455. The average molecular weight is 929 g/mol. The Morgan fingerprint density at radius 3 is 1.64 bits per heavy atom. The molecule has 0 unspecified atom stereocenters. The van der Waals surface area contributed by atoms with Gasteiger partial charge in [0.05, 0.1) is 19.9 Å². The van der Waals surface area contributed by atoms with Gasteiger partial charge in [0, 0.05) is 79.5 Å². The molecule has 4 aromatic rings. The van der Waals surface area contributed by atoms with Crippen LogP contribution in [0.5, 0.6) is 17.5 Å². The van der Waals surface area contributed by atoms with Gasteiger partial charge >= 0.3 is 6.03 Å². The summed E-state index contributed by atoms with van der Waals surface area (Å²) >= 11 is 0. The molecule has 0 spiro atoms. The highest BCUT2D eigenvalue weighted by Gasteiger charge is 2.39. The first-order valence-corrected chi connectivity index (χ1v) is 23.7. The van der Waals surface area contributed by atoms with E-state index >= 15 is 0 Å². The number of aromatic nitrogens is 2. The molecule has 20 heteroatoms. The van der Waals surface area contributed by atoms with Gasteiger partial charge in [-0.3, -0.25) is 9.80 Å². The summed E-state index contributed by atoms with van der Waals surface area (Å²) in [5.41, 5.74) is 3.66. The van der Waals surface area contributed by atoms with E-state index in [0.717, 1.165) is 0 Å². The summed E-state index contributed by atoms with van der Waals surface area (Å²) < 4.78 is 92.4. The van der Waals surface area contributed by atoms with E-state index in [1.165, 1.54) is 44.7 Å². The van der Waals surface area contributed by atoms with E-state index in [2.05, 4.69) is 24.9 Å². The second kappa shape index (κ2) is 22.0. The van der Waals surface area contributed by atoms with Crippen LogP contribution >= 0.6 is 0 Å². The number of carbonyl (C=O) groups excluding carboxylic acids is 1. The maximum absolute atomic E-state index is 14.4. The van der Waals surface area contributed by atoms with E-state index in [0.29, 0.717) is 88.8 Å². The van der Waals surface area contributed by atoms with Crippen molar-refractivity contribution in [2.24, 2.45) is 5.14 Å². The van der Waals surface area contributed by atoms with Crippen molar-refractivity contribution in [3.05, 3.63) is 83.7 Å². The van der Waals surface area contributed by atoms with Crippen LogP contribution in [-0.2, 0) is 20.0 Å². The molecule has 2 aromatic heterocycles. The summed E-state index contributed by atoms with van der Waals surface area (Å²) in [5, 5.41) is 15.5. The molecule has 0 bridgehead atoms. The maximum atomic E-state index is 14.4. The summed E-state index contributed by atoms with van der Waals surface area (Å²) in [4.78, 5) is 24.9. The lowest BCUT2D eigenvalue weighted by molar-refractivity contribution is 0.141. The van der Waals surface area contributed by atoms with E-state index < -0.39 is 37.1 Å². The van der Waals surface area contributed by atoms with Crippen LogP contribution in [0.1, 0.15) is 78.4 Å². The lowest BCUT2D eigenvalue weighted by Crippen LogP contribution is -2.60. The number of rotatable bonds is 13. The predicted molar refractivity (Wildman–Crippen MR) is 242 cm³/mol. The van der Waals surface area contributed by atoms with Crippen molar-refractivity contribution in [1.29, 1.82) is 5.26 Å². The number of pyridine rings is 2. The molecule has 2 aliphatic heterocycles. The number of halogens is 2. The molecule has 64 heavy (non-hydrogen) atoms. The number of nitrogens with zero attached hydrogens (tertiary/aromatic N) is 5. The zero-order valence-corrected chi connectivity index (χ0v) is 39.4. The third-order valence-corrected chi connectivity index (χ3v) is 13.6. The number of likely N-dealkylation sites (tertiary alicyclic amines) is 2. The maximum Gasteiger partial charge on any atom is 0.332 e. The Kier molecular flexibility index (Phi) is 17.6. The van der Waals surface area contributed by atoms with E-state index in [4.69, 9.17) is 24.6 Å². The molecule has 0 saturated carbocycles. The summed E-state index contributed by atoms with van der Waals surface area (Å²) in [6.07, 6.45) is 4.74. The highest BCUT2D eigenvalue weighted by Crippen LogP contribution is 2.39. The molecule has 348 valence electrons. The van der Waals surface area contributed by atoms with Gasteiger partial charge in [-0.1, -0.05) is 27.7 Å². The molecular weight excluding hydrogens is 871 g/mol. The lowest BCUT2D eigenvalue weighted by Gasteiger charge is -2.41. The molecule has 2 amide bonds. The Hall–Kier alpha value is -5.46. The first kappa shape index (κ1) is 51.2. The number of nitrogens with two attached hydrogens (primary N) is 1. The van der Waals surface area contributed by atoms with Crippen LogP contribution < -0.4 is 29.4 Å². The van der Waals surface area contributed by atoms with Crippen LogP contribution in [0.25, 0.3) is 22.3 Å². The lowest BCUT2D eigenvalue weighted by atomic mass is 9.94. The van der Waals surface area contributed by atoms with Crippen LogP contribution in [0.3, 0.4) is 0 Å². The zero-order chi connectivity index (χ0) is 47.7. The van der Waals surface area contributed by atoms with Gasteiger partial charge in [-0.2, -0.15) is 0 Å². The number of benzene rings is 2. The van der Waals surface area contributed by atoms with Gasteiger partial charge in [0.1, 0.15) is 22.1 Å². The smallest absolute Gasteiger partial charge is 0.332 e. The summed E-state index contributed by atoms with van der Waals surface area (Å²) in [6.45, 7) is 17.5. The standard InChI is InChI=1S/C22H29FN4O4S.C16H15FN2O2.C6H14N2O2S/c1-13(2)18-9-16(23)10-19(15-6-7-24-20(8-15)31-5)21(18)25-22(28)26-32(29,30)17-11-27(12-17)14(3)4;1-10(2)13-7-12(17)8-14(16(13)21-9-18)11-4-5-19-15(6-11)20-3;1-5(2)8-3-6(4-8)11(7,9)10/h6-10,13-14,17H,11-12H2,1-5H3,(H2,25,26,28);4-8,10H,1-3H3;5-6H,3-4H2,1-2H3,(H2,7,9,10). The van der Waals surface area contributed by atoms with Crippen molar-refractivity contribution < 1.29 is 44.6 Å². The normalized spacial score (nSPS) is 14.7. The van der Waals surface area contributed by atoms with Gasteiger partial charge in [0.25, 0.3) is 6.26 Å². The van der Waals surface area contributed by atoms with Crippen LogP contribution in [-0.4, -0.2) is 106 Å². The minimum atomic E-state index is -3.85. The van der Waals surface area contributed by atoms with E-state index in [1.807, 2.05) is 60.3 Å². The van der Waals surface area contributed by atoms with Crippen molar-refractivity contribution in [2.75, 3.05) is 45.7 Å². The fourth-order valence-corrected chi connectivity index (χ4v) is 8.83. The van der Waals surface area contributed by atoms with Gasteiger partial charge < -0.3 is 19.5 Å². The number of methoxy groups -OCH3 is 2. The minimum Gasteiger partial charge on any atom is -0.481 e. The number of nitrogens with one attached hydrogen (secondary N) is 2. The summed E-state index contributed by atoms with van der Waals surface area (Å²) in [6, 6.07) is 11.8. The first-order valence-electron chi connectivity index (χ1n) is 20.5. The summed E-state index contributed by atoms with van der Waals surface area (Å²) in [7, 11) is -4.15. The largest absolute Gasteiger partial charge is 0.481 e. The Morgan fingerprint density at radius 1 is 0.750 bits per heavy atom. The van der Waals surface area contributed by atoms with Gasteiger partial charge in [0.15, 0.2) is 5.75 Å². The number of anilines is 1. The third kappa shape index (κ3) is 13.3. The number of nitriles is 1. The van der Waals surface area contributed by atoms with Crippen LogP contribution in [0.2, 0.25) is 0 Å². The number of urea groups is 1. The second-order valence-electron chi connectivity index (χ2n) is 16.5. The van der Waals surface area contributed by atoms with Gasteiger partial charge in [0.2, 0.25) is 31.8 Å². The van der Waals surface area contributed by atoms with Crippen molar-refractivity contribution >= 4 is 31.8 Å². The summed E-state index contributed by atoms with van der Waals surface area (Å²) in [5.74, 6) is 0.136. The van der Waals surface area contributed by atoms with Crippen LogP contribution in [0.4, 0.5) is 19.3 Å². The zero-order valence-electron chi connectivity index (χ0n) is 37.7. The molecule has 16 nitrogen and oxygen atoms in total. The van der Waals surface area contributed by atoms with Crippen molar-refractivity contribution in [2.45, 2.75) is 89.8 Å². The number of sulfonamides is 2. The molecule has 0 radical (unpaired) electrons. The monoisotopic (exact) mass is 928 g/mol. The molecule has 6 rings (SSSR count). The van der Waals surface area contributed by atoms with Crippen molar-refractivity contribution in [1.82, 2.24) is 24.5 Å². The number of primary sulfonamides is 1. The molecule has 0 aliphatic carbocycles. The number of amides is 2. The molecular formula is C44H58F2N8O8S2. The van der Waals surface area contributed by atoms with Gasteiger partial charge in [-0.25, -0.2) is 50.2 Å². The highest BCUT2D eigenvalue weighted by atomic mass is 32.2. The number of hydrogen-bond acceptors (Lipinski definition) is 13. The predicted octanol–water partition coefficient (Wildman–Crippen LogP) is 6.81. The molecule has 2 fully saturated rings. The van der Waals surface area contributed by atoms with Gasteiger partial charge in [-0.15, -0.1) is 5.26 Å². The first-order chi connectivity index (χ1) is 30.0. The van der Waals surface area contributed by atoms with E-state index in [1.54, 1.807) is 36.7 Å². The van der Waals surface area contributed by atoms with E-state index in [9.17, 15) is 30.4 Å². The van der Waals surface area contributed by atoms with Crippen LogP contribution in [0, 0.1) is 23.2 Å². The second-order valence-corrected chi connectivity index (χ2v) is 20.3. The Morgan fingerprint density at radius 2 is 1.20 bits per heavy atom. The molecule has 2 aromatic carbocycles. The molecule has 2 aliphatic rings. The topological polar surface area (TPSA) is 219 Å². The van der Waals surface area contributed by atoms with Crippen molar-refractivity contribution in [3.63, 3.8) is 0 Å². The molecule has 4 heterocycles. The third-order valence-electron chi connectivity index (χ3n) is 10.7. The quantitative estimate of drug-likeness (QED) is 0.118. The van der Waals surface area contributed by atoms with Gasteiger partial charge in [-0.05, 0) is 92.6 Å². The fourth-order valence-electron chi connectivity index (χ4n) is 6.78. The Bertz CT molecular complexity index is 2520.